The minimum Gasteiger partial charge on any atom is -0.468 e. The lowest BCUT2D eigenvalue weighted by Gasteiger charge is -2.16. The molecule has 11 heavy (non-hydrogen) atoms. The third-order valence-corrected chi connectivity index (χ3v) is 2.09. The monoisotopic (exact) mass is 154 g/mol. The first-order chi connectivity index (χ1) is 5.43. The summed E-state index contributed by atoms with van der Waals surface area (Å²) >= 11 is 0. The molecule has 2 heteroatoms. The molecule has 62 valence electrons. The van der Waals surface area contributed by atoms with Crippen molar-refractivity contribution in [1.29, 1.82) is 0 Å². The summed E-state index contributed by atoms with van der Waals surface area (Å²) in [6.45, 7) is 1.11. The van der Waals surface area contributed by atoms with Crippen LogP contribution in [0, 0.1) is 5.92 Å². The Kier molecular flexibility index (Phi) is 3.73. The van der Waals surface area contributed by atoms with Crippen molar-refractivity contribution in [2.75, 3.05) is 6.61 Å². The van der Waals surface area contributed by atoms with Crippen LogP contribution in [0.4, 0.5) is 0 Å². The van der Waals surface area contributed by atoms with Crippen LogP contribution in [0.5, 0.6) is 0 Å². The average Bonchev–Trinajstić information content (AvgIpc) is 2.07. The fourth-order valence-electron chi connectivity index (χ4n) is 1.40. The van der Waals surface area contributed by atoms with E-state index in [2.05, 4.69) is 16.9 Å². The van der Waals surface area contributed by atoms with Gasteiger partial charge < -0.3 is 4.74 Å². The lowest BCUT2D eigenvalue weighted by atomic mass is 9.92. The van der Waals surface area contributed by atoms with E-state index < -0.39 is 0 Å². The van der Waals surface area contributed by atoms with Gasteiger partial charge in [-0.15, -0.1) is 0 Å². The van der Waals surface area contributed by atoms with Crippen LogP contribution < -0.4 is 0 Å². The summed E-state index contributed by atoms with van der Waals surface area (Å²) in [6, 6.07) is 0. The van der Waals surface area contributed by atoms with E-state index in [-0.39, 0.29) is 0 Å². The number of carbonyl (C=O) groups is 1. The molecule has 0 fully saturated rings. The first kappa shape index (κ1) is 8.31. The standard InChI is InChI=1S/C9H14O2/c10-8-11-7-6-9-4-2-1-3-5-9/h1-2,8-9H,3-7H2/t9-/m0/s1. The Bertz CT molecular complexity index is 140. The molecule has 0 aliphatic heterocycles. The number of hydrogen-bond donors (Lipinski definition) is 0. The highest BCUT2D eigenvalue weighted by atomic mass is 16.5. The summed E-state index contributed by atoms with van der Waals surface area (Å²) < 4.78 is 4.63. The largest absolute Gasteiger partial charge is 0.468 e. The predicted molar refractivity (Wildman–Crippen MR) is 43.1 cm³/mol. The van der Waals surface area contributed by atoms with Gasteiger partial charge in [-0.3, -0.25) is 4.79 Å². The summed E-state index contributed by atoms with van der Waals surface area (Å²) in [5.41, 5.74) is 0. The molecule has 0 saturated heterocycles. The van der Waals surface area contributed by atoms with Crippen molar-refractivity contribution < 1.29 is 9.53 Å². The lowest BCUT2D eigenvalue weighted by Crippen LogP contribution is -2.06. The highest BCUT2D eigenvalue weighted by Crippen LogP contribution is 2.20. The molecule has 0 aromatic heterocycles. The van der Waals surface area contributed by atoms with E-state index in [9.17, 15) is 4.79 Å². The van der Waals surface area contributed by atoms with Gasteiger partial charge in [-0.2, -0.15) is 0 Å². The molecule has 1 aliphatic carbocycles. The Morgan fingerprint density at radius 1 is 1.55 bits per heavy atom. The molecule has 1 atom stereocenters. The SMILES string of the molecule is O=COCC[C@H]1CC=CCC1. The van der Waals surface area contributed by atoms with Gasteiger partial charge >= 0.3 is 0 Å². The second-order valence-corrected chi connectivity index (χ2v) is 2.91. The zero-order valence-corrected chi connectivity index (χ0v) is 6.66. The maximum Gasteiger partial charge on any atom is 0.293 e. The van der Waals surface area contributed by atoms with E-state index in [4.69, 9.17) is 0 Å². The summed E-state index contributed by atoms with van der Waals surface area (Å²) in [7, 11) is 0. The highest BCUT2D eigenvalue weighted by molar-refractivity contribution is 5.36. The molecule has 0 spiro atoms. The maximum atomic E-state index is 9.81. The van der Waals surface area contributed by atoms with E-state index in [1.165, 1.54) is 12.8 Å². The Labute approximate surface area is 67.2 Å². The van der Waals surface area contributed by atoms with E-state index in [1.54, 1.807) is 0 Å². The number of rotatable bonds is 4. The first-order valence-corrected chi connectivity index (χ1v) is 4.13. The van der Waals surface area contributed by atoms with Crippen LogP contribution >= 0.6 is 0 Å². The van der Waals surface area contributed by atoms with Crippen LogP contribution in [0.15, 0.2) is 12.2 Å². The van der Waals surface area contributed by atoms with Crippen LogP contribution in [-0.4, -0.2) is 13.1 Å². The van der Waals surface area contributed by atoms with Gasteiger partial charge in [0.2, 0.25) is 0 Å². The molecule has 0 N–H and O–H groups in total. The molecule has 1 rings (SSSR count). The fourth-order valence-corrected chi connectivity index (χ4v) is 1.40. The molecule has 0 aromatic rings. The van der Waals surface area contributed by atoms with Gasteiger partial charge in [0.1, 0.15) is 0 Å². The molecule has 0 aromatic carbocycles. The molecular formula is C9H14O2. The van der Waals surface area contributed by atoms with Crippen molar-refractivity contribution >= 4 is 6.47 Å². The summed E-state index contributed by atoms with van der Waals surface area (Å²) in [5.74, 6) is 0.736. The summed E-state index contributed by atoms with van der Waals surface area (Å²) in [4.78, 5) is 9.81. The number of carbonyl (C=O) groups excluding carboxylic acids is 1. The maximum absolute atomic E-state index is 9.81. The van der Waals surface area contributed by atoms with Gasteiger partial charge in [-0.05, 0) is 31.6 Å². The Hall–Kier alpha value is -0.790. The fraction of sp³-hybridized carbons (Fsp3) is 0.667. The van der Waals surface area contributed by atoms with Gasteiger partial charge in [0.05, 0.1) is 6.61 Å². The minimum atomic E-state index is 0.526. The normalized spacial score (nSPS) is 23.1. The Morgan fingerprint density at radius 2 is 2.45 bits per heavy atom. The van der Waals surface area contributed by atoms with Gasteiger partial charge in [-0.1, -0.05) is 12.2 Å². The van der Waals surface area contributed by atoms with Crippen LogP contribution in [0.25, 0.3) is 0 Å². The predicted octanol–water partition coefficient (Wildman–Crippen LogP) is 1.91. The van der Waals surface area contributed by atoms with Crippen LogP contribution in [0.1, 0.15) is 25.7 Å². The Morgan fingerprint density at radius 3 is 3.09 bits per heavy atom. The summed E-state index contributed by atoms with van der Waals surface area (Å²) in [5, 5.41) is 0. The van der Waals surface area contributed by atoms with E-state index in [0.717, 1.165) is 18.8 Å². The molecule has 0 bridgehead atoms. The van der Waals surface area contributed by atoms with Crippen LogP contribution in [0.3, 0.4) is 0 Å². The van der Waals surface area contributed by atoms with Gasteiger partial charge in [-0.25, -0.2) is 0 Å². The Balaban J connectivity index is 2.06. The second-order valence-electron chi connectivity index (χ2n) is 2.91. The molecule has 0 heterocycles. The van der Waals surface area contributed by atoms with Crippen molar-refractivity contribution in [2.45, 2.75) is 25.7 Å². The lowest BCUT2D eigenvalue weighted by molar-refractivity contribution is -0.129. The molecule has 0 unspecified atom stereocenters. The van der Waals surface area contributed by atoms with Crippen molar-refractivity contribution in [2.24, 2.45) is 5.92 Å². The van der Waals surface area contributed by atoms with Crippen LogP contribution in [0.2, 0.25) is 0 Å². The third kappa shape index (κ3) is 3.21. The molecule has 0 radical (unpaired) electrons. The van der Waals surface area contributed by atoms with Crippen molar-refractivity contribution in [1.82, 2.24) is 0 Å². The number of allylic oxidation sites excluding steroid dienone is 2. The third-order valence-electron chi connectivity index (χ3n) is 2.09. The van der Waals surface area contributed by atoms with E-state index in [0.29, 0.717) is 13.1 Å². The zero-order chi connectivity index (χ0) is 7.94. The minimum absolute atomic E-state index is 0.526. The van der Waals surface area contributed by atoms with Gasteiger partial charge in [0.15, 0.2) is 0 Å². The van der Waals surface area contributed by atoms with E-state index >= 15 is 0 Å². The highest BCUT2D eigenvalue weighted by Gasteiger charge is 2.08. The average molecular weight is 154 g/mol. The number of ether oxygens (including phenoxy) is 1. The second kappa shape index (κ2) is 4.94. The molecule has 2 nitrogen and oxygen atoms in total. The molecule has 0 saturated carbocycles. The van der Waals surface area contributed by atoms with Crippen molar-refractivity contribution in [3.63, 3.8) is 0 Å². The zero-order valence-electron chi connectivity index (χ0n) is 6.66. The molecule has 0 amide bonds. The smallest absolute Gasteiger partial charge is 0.293 e. The number of hydrogen-bond acceptors (Lipinski definition) is 2. The molecule has 1 aliphatic rings. The van der Waals surface area contributed by atoms with Gasteiger partial charge in [0.25, 0.3) is 6.47 Å². The topological polar surface area (TPSA) is 26.3 Å². The van der Waals surface area contributed by atoms with Gasteiger partial charge in [0, 0.05) is 0 Å². The molecular weight excluding hydrogens is 140 g/mol. The van der Waals surface area contributed by atoms with Crippen molar-refractivity contribution in [3.8, 4) is 0 Å². The van der Waals surface area contributed by atoms with E-state index in [1.807, 2.05) is 0 Å². The quantitative estimate of drug-likeness (QED) is 0.351. The van der Waals surface area contributed by atoms with Crippen LogP contribution in [-0.2, 0) is 9.53 Å². The summed E-state index contributed by atoms with van der Waals surface area (Å²) in [6.07, 6.45) is 9.04. The first-order valence-electron chi connectivity index (χ1n) is 4.13. The van der Waals surface area contributed by atoms with Crippen molar-refractivity contribution in [3.05, 3.63) is 12.2 Å².